The number of rotatable bonds is 8. The van der Waals surface area contributed by atoms with Crippen molar-refractivity contribution in [2.75, 3.05) is 6.61 Å². The Balaban J connectivity index is 3.70. The minimum atomic E-state index is 0.132. The first-order chi connectivity index (χ1) is 7.56. The fraction of sp³-hybridized carbons (Fsp3) is 0.643. The van der Waals surface area contributed by atoms with E-state index in [-0.39, 0.29) is 12.4 Å². The van der Waals surface area contributed by atoms with Crippen LogP contribution in [0.4, 0.5) is 0 Å². The SMILES string of the molecule is CC(=O)CCC/C(C)=C/CC/C(C)=C/CO. The summed E-state index contributed by atoms with van der Waals surface area (Å²) in [4.78, 5) is 10.7. The van der Waals surface area contributed by atoms with Crippen LogP contribution in [0.25, 0.3) is 0 Å². The maximum atomic E-state index is 10.7. The molecule has 0 aromatic carbocycles. The molecule has 0 saturated carbocycles. The van der Waals surface area contributed by atoms with Gasteiger partial charge in [0.1, 0.15) is 5.78 Å². The maximum Gasteiger partial charge on any atom is 0.129 e. The third-order valence-electron chi connectivity index (χ3n) is 2.57. The van der Waals surface area contributed by atoms with Crippen molar-refractivity contribution < 1.29 is 9.90 Å². The van der Waals surface area contributed by atoms with Crippen LogP contribution in [0.3, 0.4) is 0 Å². The molecule has 0 aliphatic heterocycles. The van der Waals surface area contributed by atoms with Gasteiger partial charge in [0.25, 0.3) is 0 Å². The monoisotopic (exact) mass is 224 g/mol. The molecule has 0 heterocycles. The Bertz CT molecular complexity index is 262. The van der Waals surface area contributed by atoms with Gasteiger partial charge in [-0.15, -0.1) is 0 Å². The molecule has 16 heavy (non-hydrogen) atoms. The molecule has 0 aliphatic rings. The van der Waals surface area contributed by atoms with Crippen LogP contribution < -0.4 is 0 Å². The lowest BCUT2D eigenvalue weighted by molar-refractivity contribution is -0.117. The Hall–Kier alpha value is -0.890. The Kier molecular flexibility index (Phi) is 8.82. The molecule has 92 valence electrons. The van der Waals surface area contributed by atoms with E-state index in [0.717, 1.165) is 25.7 Å². The van der Waals surface area contributed by atoms with Crippen LogP contribution in [-0.2, 0) is 4.79 Å². The standard InChI is InChI=1S/C14H24O2/c1-12(8-5-9-14(3)16)6-4-7-13(2)10-11-15/h6,10,15H,4-5,7-9,11H2,1-3H3/b12-6+,13-10+. The molecule has 0 rings (SSSR count). The highest BCUT2D eigenvalue weighted by Gasteiger charge is 1.95. The largest absolute Gasteiger partial charge is 0.392 e. The molecule has 2 heteroatoms. The first-order valence-corrected chi connectivity index (χ1v) is 5.97. The van der Waals surface area contributed by atoms with Gasteiger partial charge in [-0.3, -0.25) is 0 Å². The van der Waals surface area contributed by atoms with Crippen LogP contribution in [0.2, 0.25) is 0 Å². The molecular formula is C14H24O2. The Morgan fingerprint density at radius 2 is 1.62 bits per heavy atom. The predicted octanol–water partition coefficient (Wildman–Crippen LogP) is 3.41. The summed E-state index contributed by atoms with van der Waals surface area (Å²) >= 11 is 0. The van der Waals surface area contributed by atoms with Crippen molar-refractivity contribution in [1.29, 1.82) is 0 Å². The normalized spacial score (nSPS) is 13.0. The van der Waals surface area contributed by atoms with Crippen molar-refractivity contribution in [2.24, 2.45) is 0 Å². The van der Waals surface area contributed by atoms with Crippen molar-refractivity contribution in [3.8, 4) is 0 Å². The molecule has 0 unspecified atom stereocenters. The second-order valence-electron chi connectivity index (χ2n) is 4.38. The second-order valence-corrected chi connectivity index (χ2v) is 4.38. The van der Waals surface area contributed by atoms with E-state index in [9.17, 15) is 4.79 Å². The molecule has 0 radical (unpaired) electrons. The number of ketones is 1. The number of hydrogen-bond acceptors (Lipinski definition) is 2. The zero-order valence-corrected chi connectivity index (χ0v) is 10.8. The van der Waals surface area contributed by atoms with Crippen LogP contribution >= 0.6 is 0 Å². The average Bonchev–Trinajstić information content (AvgIpc) is 2.17. The van der Waals surface area contributed by atoms with Crippen LogP contribution in [0.5, 0.6) is 0 Å². The molecule has 1 N–H and O–H groups in total. The quantitative estimate of drug-likeness (QED) is 0.641. The van der Waals surface area contributed by atoms with Gasteiger partial charge < -0.3 is 9.90 Å². The summed E-state index contributed by atoms with van der Waals surface area (Å²) in [5, 5.41) is 8.69. The van der Waals surface area contributed by atoms with E-state index in [1.807, 2.05) is 13.0 Å². The smallest absolute Gasteiger partial charge is 0.129 e. The molecule has 0 atom stereocenters. The maximum absolute atomic E-state index is 10.7. The van der Waals surface area contributed by atoms with Crippen LogP contribution in [-0.4, -0.2) is 17.5 Å². The number of carbonyl (C=O) groups excluding carboxylic acids is 1. The molecule has 0 fully saturated rings. The number of aliphatic hydroxyl groups is 1. The molecule has 0 aromatic heterocycles. The fourth-order valence-corrected chi connectivity index (χ4v) is 1.52. The molecule has 0 aromatic rings. The van der Waals surface area contributed by atoms with Gasteiger partial charge in [0.2, 0.25) is 0 Å². The van der Waals surface area contributed by atoms with E-state index in [2.05, 4.69) is 13.0 Å². The van der Waals surface area contributed by atoms with Crippen molar-refractivity contribution in [3.05, 3.63) is 23.3 Å². The molecule has 0 amide bonds. The third-order valence-corrected chi connectivity index (χ3v) is 2.57. The fourth-order valence-electron chi connectivity index (χ4n) is 1.52. The number of aliphatic hydroxyl groups excluding tert-OH is 1. The number of Topliss-reactive ketones (excluding diaryl/α,β-unsaturated/α-hetero) is 1. The van der Waals surface area contributed by atoms with Crippen LogP contribution in [0, 0.1) is 0 Å². The highest BCUT2D eigenvalue weighted by molar-refractivity contribution is 5.75. The minimum Gasteiger partial charge on any atom is -0.392 e. The Morgan fingerprint density at radius 1 is 1.00 bits per heavy atom. The molecular weight excluding hydrogens is 200 g/mol. The minimum absolute atomic E-state index is 0.132. The van der Waals surface area contributed by atoms with E-state index in [0.29, 0.717) is 6.42 Å². The second kappa shape index (κ2) is 9.34. The first kappa shape index (κ1) is 15.1. The van der Waals surface area contributed by atoms with E-state index in [1.165, 1.54) is 11.1 Å². The van der Waals surface area contributed by atoms with Crippen LogP contribution in [0.15, 0.2) is 23.3 Å². The molecule has 0 spiro atoms. The van der Waals surface area contributed by atoms with E-state index >= 15 is 0 Å². The first-order valence-electron chi connectivity index (χ1n) is 5.97. The summed E-state index contributed by atoms with van der Waals surface area (Å²) in [7, 11) is 0. The van der Waals surface area contributed by atoms with E-state index in [1.54, 1.807) is 6.92 Å². The van der Waals surface area contributed by atoms with E-state index < -0.39 is 0 Å². The zero-order chi connectivity index (χ0) is 12.4. The van der Waals surface area contributed by atoms with Gasteiger partial charge in [0.15, 0.2) is 0 Å². The van der Waals surface area contributed by atoms with Gasteiger partial charge in [-0.05, 0) is 46.5 Å². The van der Waals surface area contributed by atoms with Gasteiger partial charge >= 0.3 is 0 Å². The summed E-state index contributed by atoms with van der Waals surface area (Å²) in [6.07, 6.45) is 8.77. The number of carbonyl (C=O) groups is 1. The Morgan fingerprint density at radius 3 is 2.19 bits per heavy atom. The molecule has 2 nitrogen and oxygen atoms in total. The highest BCUT2D eigenvalue weighted by atomic mass is 16.2. The Labute approximate surface area is 99.1 Å². The predicted molar refractivity (Wildman–Crippen MR) is 68.4 cm³/mol. The van der Waals surface area contributed by atoms with E-state index in [4.69, 9.17) is 5.11 Å². The third kappa shape index (κ3) is 9.66. The van der Waals surface area contributed by atoms with Crippen molar-refractivity contribution in [3.63, 3.8) is 0 Å². The van der Waals surface area contributed by atoms with Crippen molar-refractivity contribution in [2.45, 2.75) is 52.9 Å². The van der Waals surface area contributed by atoms with Crippen molar-refractivity contribution in [1.82, 2.24) is 0 Å². The summed E-state index contributed by atoms with van der Waals surface area (Å²) in [6, 6.07) is 0. The van der Waals surface area contributed by atoms with Gasteiger partial charge in [0, 0.05) is 6.42 Å². The van der Waals surface area contributed by atoms with Gasteiger partial charge in [-0.25, -0.2) is 0 Å². The lowest BCUT2D eigenvalue weighted by atomic mass is 10.1. The number of allylic oxidation sites excluding steroid dienone is 3. The summed E-state index contributed by atoms with van der Waals surface area (Å²) in [5.41, 5.74) is 2.59. The lowest BCUT2D eigenvalue weighted by Gasteiger charge is -2.01. The highest BCUT2D eigenvalue weighted by Crippen LogP contribution is 2.11. The molecule has 0 bridgehead atoms. The topological polar surface area (TPSA) is 37.3 Å². The summed E-state index contributed by atoms with van der Waals surface area (Å²) in [5.74, 6) is 0.273. The van der Waals surface area contributed by atoms with Crippen LogP contribution in [0.1, 0.15) is 52.9 Å². The van der Waals surface area contributed by atoms with Gasteiger partial charge in [-0.2, -0.15) is 0 Å². The average molecular weight is 224 g/mol. The lowest BCUT2D eigenvalue weighted by Crippen LogP contribution is -1.89. The summed E-state index contributed by atoms with van der Waals surface area (Å²) in [6.45, 7) is 5.93. The molecule has 0 saturated heterocycles. The summed E-state index contributed by atoms with van der Waals surface area (Å²) < 4.78 is 0. The van der Waals surface area contributed by atoms with Crippen molar-refractivity contribution >= 4 is 5.78 Å². The zero-order valence-electron chi connectivity index (χ0n) is 10.8. The molecule has 0 aliphatic carbocycles. The van der Waals surface area contributed by atoms with Gasteiger partial charge in [0.05, 0.1) is 6.61 Å². The van der Waals surface area contributed by atoms with Gasteiger partial charge in [-0.1, -0.05) is 23.3 Å². The number of hydrogen-bond donors (Lipinski definition) is 1.